The molecule has 1 atom stereocenters. The van der Waals surface area contributed by atoms with Crippen molar-refractivity contribution in [3.05, 3.63) is 28.2 Å². The Bertz CT molecular complexity index is 592. The van der Waals surface area contributed by atoms with Gasteiger partial charge in [0.1, 0.15) is 26.2 Å². The topological polar surface area (TPSA) is 52.5 Å². The first-order valence-corrected chi connectivity index (χ1v) is 8.83. The number of nitrogens with one attached hydrogen (secondary N) is 2. The molecule has 0 radical (unpaired) electrons. The lowest BCUT2D eigenvalue weighted by molar-refractivity contribution is -1.02. The summed E-state index contributed by atoms with van der Waals surface area (Å²) >= 11 is 1.81. The maximum Gasteiger partial charge on any atom is 0.215 e. The molecule has 1 aliphatic rings. The van der Waals surface area contributed by atoms with Crippen molar-refractivity contribution >= 4 is 11.3 Å². The minimum absolute atomic E-state index is 0.106. The van der Waals surface area contributed by atoms with E-state index in [-0.39, 0.29) is 11.6 Å². The second-order valence-electron chi connectivity index (χ2n) is 7.18. The maximum atomic E-state index is 4.41. The Morgan fingerprint density at radius 2 is 1.95 bits per heavy atom. The van der Waals surface area contributed by atoms with Gasteiger partial charge in [0, 0.05) is 0 Å². The molecule has 1 saturated heterocycles. The highest BCUT2D eigenvalue weighted by atomic mass is 32.1. The number of likely N-dealkylation sites (N-methyl/N-ethyl adjacent to an activating group) is 1. The summed E-state index contributed by atoms with van der Waals surface area (Å²) in [5, 5.41) is 14.8. The molecule has 1 aliphatic heterocycles. The lowest BCUT2D eigenvalue weighted by atomic mass is 10.1. The van der Waals surface area contributed by atoms with E-state index in [0.717, 1.165) is 18.9 Å². The van der Waals surface area contributed by atoms with E-state index in [2.05, 4.69) is 60.9 Å². The summed E-state index contributed by atoms with van der Waals surface area (Å²) in [4.78, 5) is 4.55. The van der Waals surface area contributed by atoms with Crippen LogP contribution in [0, 0.1) is 0 Å². The molecule has 2 aromatic heterocycles. The van der Waals surface area contributed by atoms with Crippen LogP contribution in [0.1, 0.15) is 37.5 Å². The highest BCUT2D eigenvalue weighted by Gasteiger charge is 2.37. The molecule has 7 heteroatoms. The molecule has 2 aromatic rings. The number of rotatable bonds is 3. The minimum Gasteiger partial charge on any atom is -0.328 e. The lowest BCUT2D eigenvalue weighted by Crippen LogP contribution is -3.27. The van der Waals surface area contributed by atoms with Gasteiger partial charge in [-0.2, -0.15) is 0 Å². The second-order valence-corrected chi connectivity index (χ2v) is 8.16. The predicted octanol–water partition coefficient (Wildman–Crippen LogP) is -1.01. The number of quaternary nitrogens is 2. The molecule has 0 unspecified atom stereocenters. The molecule has 0 aromatic carbocycles. The highest BCUT2D eigenvalue weighted by molar-refractivity contribution is 7.10. The van der Waals surface area contributed by atoms with Crippen LogP contribution in [-0.2, 0) is 5.54 Å². The third-order valence-corrected chi connectivity index (χ3v) is 5.31. The smallest absolute Gasteiger partial charge is 0.215 e. The Balaban J connectivity index is 1.98. The molecule has 0 spiro atoms. The zero-order chi connectivity index (χ0) is 15.7. The summed E-state index contributed by atoms with van der Waals surface area (Å²) in [6, 6.07) is 4.58. The Kier molecular flexibility index (Phi) is 4.29. The summed E-state index contributed by atoms with van der Waals surface area (Å²) in [6.45, 7) is 11.2. The number of piperazine rings is 1. The first-order chi connectivity index (χ1) is 10.5. The van der Waals surface area contributed by atoms with E-state index in [1.807, 2.05) is 4.68 Å². The van der Waals surface area contributed by atoms with Gasteiger partial charge < -0.3 is 9.80 Å². The van der Waals surface area contributed by atoms with E-state index in [1.54, 1.807) is 21.1 Å². The van der Waals surface area contributed by atoms with Gasteiger partial charge in [0.25, 0.3) is 0 Å². The number of thiophene rings is 1. The molecule has 22 heavy (non-hydrogen) atoms. The fraction of sp³-hybridized carbons (Fsp3) is 0.667. The van der Waals surface area contributed by atoms with Gasteiger partial charge in [0.05, 0.1) is 17.5 Å². The van der Waals surface area contributed by atoms with Crippen LogP contribution in [0.2, 0.25) is 0 Å². The first-order valence-electron chi connectivity index (χ1n) is 7.95. The van der Waals surface area contributed by atoms with Crippen LogP contribution < -0.4 is 9.80 Å². The average Bonchev–Trinajstić information content (AvgIpc) is 3.12. The van der Waals surface area contributed by atoms with Crippen LogP contribution in [0.3, 0.4) is 0 Å². The summed E-state index contributed by atoms with van der Waals surface area (Å²) < 4.78 is 2.00. The van der Waals surface area contributed by atoms with Gasteiger partial charge in [-0.05, 0) is 42.6 Å². The van der Waals surface area contributed by atoms with Gasteiger partial charge in [0.15, 0.2) is 6.04 Å². The van der Waals surface area contributed by atoms with Crippen LogP contribution in [0.15, 0.2) is 17.5 Å². The van der Waals surface area contributed by atoms with Crippen LogP contribution in [0.4, 0.5) is 0 Å². The summed E-state index contributed by atoms with van der Waals surface area (Å²) in [5.74, 6) is 0.990. The van der Waals surface area contributed by atoms with Crippen molar-refractivity contribution in [2.75, 3.05) is 33.2 Å². The predicted molar refractivity (Wildman–Crippen MR) is 86.3 cm³/mol. The summed E-state index contributed by atoms with van der Waals surface area (Å²) in [7, 11) is 2.27. The molecular formula is C15H26N6S+2. The van der Waals surface area contributed by atoms with E-state index >= 15 is 0 Å². The SMILES string of the molecule is C[NH+]1CC[NH+]([C@H](c2cccs2)c2nnnn2C(C)(C)C)CC1. The van der Waals surface area contributed by atoms with Gasteiger partial charge in [-0.1, -0.05) is 6.07 Å². The maximum absolute atomic E-state index is 4.41. The molecule has 3 heterocycles. The Hall–Kier alpha value is -1.31. The Morgan fingerprint density at radius 3 is 2.55 bits per heavy atom. The fourth-order valence-electron chi connectivity index (χ4n) is 3.10. The summed E-state index contributed by atoms with van der Waals surface area (Å²) in [5.41, 5.74) is -0.106. The largest absolute Gasteiger partial charge is 0.328 e. The highest BCUT2D eigenvalue weighted by Crippen LogP contribution is 2.25. The molecule has 0 bridgehead atoms. The molecule has 0 aliphatic carbocycles. The zero-order valence-corrected chi connectivity index (χ0v) is 14.7. The summed E-state index contributed by atoms with van der Waals surface area (Å²) in [6.07, 6.45) is 0. The third kappa shape index (κ3) is 3.06. The average molecular weight is 322 g/mol. The number of hydrogen-bond donors (Lipinski definition) is 2. The third-order valence-electron chi connectivity index (χ3n) is 4.37. The van der Waals surface area contributed by atoms with Crippen molar-refractivity contribution in [1.29, 1.82) is 0 Å². The van der Waals surface area contributed by atoms with Crippen LogP contribution in [-0.4, -0.2) is 53.4 Å². The number of hydrogen-bond acceptors (Lipinski definition) is 4. The van der Waals surface area contributed by atoms with Crippen molar-refractivity contribution in [3.63, 3.8) is 0 Å². The number of aromatic nitrogens is 4. The lowest BCUT2D eigenvalue weighted by Gasteiger charge is -2.33. The Labute approximate surface area is 135 Å². The molecule has 3 rings (SSSR count). The number of tetrazole rings is 1. The molecule has 0 amide bonds. The molecule has 120 valence electrons. The quantitative estimate of drug-likeness (QED) is 0.762. The molecule has 1 fully saturated rings. The molecule has 6 nitrogen and oxygen atoms in total. The number of nitrogens with zero attached hydrogens (tertiary/aromatic N) is 4. The fourth-order valence-corrected chi connectivity index (χ4v) is 3.98. The molecule has 2 N–H and O–H groups in total. The molecule has 0 saturated carbocycles. The van der Waals surface area contributed by atoms with Crippen molar-refractivity contribution in [3.8, 4) is 0 Å². The standard InChI is InChI=1S/C15H24N6S/c1-15(2,3)21-14(16-17-18-21)13(12-6-5-11-22-12)20-9-7-19(4)8-10-20/h5-6,11,13H,7-10H2,1-4H3/p+2/t13-/m1/s1. The molecular weight excluding hydrogens is 296 g/mol. The van der Waals surface area contributed by atoms with Gasteiger partial charge in [-0.3, -0.25) is 0 Å². The van der Waals surface area contributed by atoms with Gasteiger partial charge in [-0.15, -0.1) is 16.4 Å². The van der Waals surface area contributed by atoms with Gasteiger partial charge in [0.2, 0.25) is 5.82 Å². The van der Waals surface area contributed by atoms with Crippen molar-refractivity contribution in [2.24, 2.45) is 0 Å². The minimum atomic E-state index is -0.106. The van der Waals surface area contributed by atoms with Gasteiger partial charge >= 0.3 is 0 Å². The van der Waals surface area contributed by atoms with E-state index in [9.17, 15) is 0 Å². The van der Waals surface area contributed by atoms with Crippen LogP contribution in [0.25, 0.3) is 0 Å². The van der Waals surface area contributed by atoms with Crippen molar-refractivity contribution in [2.45, 2.75) is 32.4 Å². The zero-order valence-electron chi connectivity index (χ0n) is 13.8. The van der Waals surface area contributed by atoms with E-state index in [0.29, 0.717) is 0 Å². The normalized spacial score (nSPS) is 24.4. The van der Waals surface area contributed by atoms with E-state index < -0.39 is 0 Å². The van der Waals surface area contributed by atoms with Crippen molar-refractivity contribution in [1.82, 2.24) is 20.2 Å². The second kappa shape index (κ2) is 6.06. The van der Waals surface area contributed by atoms with E-state index in [4.69, 9.17) is 0 Å². The van der Waals surface area contributed by atoms with Crippen LogP contribution in [0.5, 0.6) is 0 Å². The van der Waals surface area contributed by atoms with E-state index in [1.165, 1.54) is 18.0 Å². The first kappa shape index (κ1) is 15.6. The van der Waals surface area contributed by atoms with Gasteiger partial charge in [-0.25, -0.2) is 4.68 Å². The Morgan fingerprint density at radius 1 is 1.23 bits per heavy atom. The monoisotopic (exact) mass is 322 g/mol. The van der Waals surface area contributed by atoms with Crippen molar-refractivity contribution < 1.29 is 9.80 Å². The van der Waals surface area contributed by atoms with Crippen LogP contribution >= 0.6 is 11.3 Å².